The minimum atomic E-state index is -0.232. The van der Waals surface area contributed by atoms with Gasteiger partial charge in [-0.25, -0.2) is 4.98 Å². The average Bonchev–Trinajstić information content (AvgIpc) is 3.10. The summed E-state index contributed by atoms with van der Waals surface area (Å²) in [6, 6.07) is 10.1. The van der Waals surface area contributed by atoms with Crippen molar-refractivity contribution in [3.63, 3.8) is 0 Å². The first kappa shape index (κ1) is 16.0. The Bertz CT molecular complexity index is 546. The third-order valence-corrected chi connectivity index (χ3v) is 3.70. The van der Waals surface area contributed by atoms with Gasteiger partial charge < -0.3 is 20.7 Å². The SMILES string of the molecule is Cl.OC1CNCC1CNCc1cnc(-c2ccccc2)[nH]1. The fourth-order valence-electron chi connectivity index (χ4n) is 2.51. The Hall–Kier alpha value is -1.40. The van der Waals surface area contributed by atoms with Crippen LogP contribution in [-0.2, 0) is 6.54 Å². The van der Waals surface area contributed by atoms with E-state index in [4.69, 9.17) is 0 Å². The minimum Gasteiger partial charge on any atom is -0.391 e. The molecule has 1 aliphatic heterocycles. The lowest BCUT2D eigenvalue weighted by Crippen LogP contribution is -2.30. The molecule has 3 rings (SSSR count). The van der Waals surface area contributed by atoms with Crippen molar-refractivity contribution >= 4 is 12.4 Å². The molecule has 6 heteroatoms. The van der Waals surface area contributed by atoms with Crippen LogP contribution >= 0.6 is 12.4 Å². The lowest BCUT2D eigenvalue weighted by Gasteiger charge is -2.13. The highest BCUT2D eigenvalue weighted by molar-refractivity contribution is 5.85. The number of benzene rings is 1. The van der Waals surface area contributed by atoms with Crippen LogP contribution in [-0.4, -0.2) is 40.8 Å². The van der Waals surface area contributed by atoms with Crippen molar-refractivity contribution in [3.05, 3.63) is 42.2 Å². The average molecular weight is 309 g/mol. The predicted octanol–water partition coefficient (Wildman–Crippen LogP) is 1.17. The highest BCUT2D eigenvalue weighted by atomic mass is 35.5. The summed E-state index contributed by atoms with van der Waals surface area (Å²) in [5.74, 6) is 1.19. The second kappa shape index (κ2) is 7.56. The Balaban J connectivity index is 0.00000161. The van der Waals surface area contributed by atoms with E-state index in [1.165, 1.54) is 0 Å². The van der Waals surface area contributed by atoms with Crippen LogP contribution in [0.1, 0.15) is 5.69 Å². The number of imidazole rings is 1. The van der Waals surface area contributed by atoms with E-state index in [1.54, 1.807) is 0 Å². The molecule has 1 aromatic carbocycles. The van der Waals surface area contributed by atoms with E-state index >= 15 is 0 Å². The molecule has 0 saturated carbocycles. The first-order valence-electron chi connectivity index (χ1n) is 7.02. The Morgan fingerprint density at radius 2 is 2.05 bits per heavy atom. The minimum absolute atomic E-state index is 0. The second-order valence-electron chi connectivity index (χ2n) is 5.24. The van der Waals surface area contributed by atoms with E-state index in [2.05, 4.69) is 20.6 Å². The van der Waals surface area contributed by atoms with Gasteiger partial charge in [-0.05, 0) is 0 Å². The van der Waals surface area contributed by atoms with Gasteiger partial charge in [0.25, 0.3) is 0 Å². The Morgan fingerprint density at radius 1 is 1.24 bits per heavy atom. The highest BCUT2D eigenvalue weighted by Crippen LogP contribution is 2.14. The molecule has 5 nitrogen and oxygen atoms in total. The number of hydrogen-bond acceptors (Lipinski definition) is 4. The van der Waals surface area contributed by atoms with Crippen molar-refractivity contribution in [3.8, 4) is 11.4 Å². The molecule has 4 N–H and O–H groups in total. The molecule has 1 fully saturated rings. The van der Waals surface area contributed by atoms with Gasteiger partial charge in [0.2, 0.25) is 0 Å². The molecule has 1 aliphatic rings. The van der Waals surface area contributed by atoms with E-state index in [0.717, 1.165) is 36.7 Å². The maximum Gasteiger partial charge on any atom is 0.137 e. The Kier molecular flexibility index (Phi) is 5.76. The zero-order chi connectivity index (χ0) is 13.8. The molecule has 2 atom stereocenters. The summed E-state index contributed by atoms with van der Waals surface area (Å²) in [6.45, 7) is 3.14. The second-order valence-corrected chi connectivity index (χ2v) is 5.24. The third kappa shape index (κ3) is 4.04. The zero-order valence-corrected chi connectivity index (χ0v) is 12.6. The van der Waals surface area contributed by atoms with Gasteiger partial charge >= 0.3 is 0 Å². The van der Waals surface area contributed by atoms with Gasteiger partial charge in [-0.2, -0.15) is 0 Å². The van der Waals surface area contributed by atoms with Crippen LogP contribution in [0.4, 0.5) is 0 Å². The molecule has 0 spiro atoms. The van der Waals surface area contributed by atoms with Crippen LogP contribution in [0, 0.1) is 5.92 Å². The van der Waals surface area contributed by atoms with Gasteiger partial charge in [0.05, 0.1) is 6.10 Å². The van der Waals surface area contributed by atoms with E-state index < -0.39 is 0 Å². The maximum atomic E-state index is 9.72. The zero-order valence-electron chi connectivity index (χ0n) is 11.7. The number of hydrogen-bond donors (Lipinski definition) is 4. The van der Waals surface area contributed by atoms with Gasteiger partial charge in [0.1, 0.15) is 5.82 Å². The molecular weight excluding hydrogens is 288 g/mol. The lowest BCUT2D eigenvalue weighted by atomic mass is 10.1. The summed E-state index contributed by atoms with van der Waals surface area (Å²) in [6.07, 6.45) is 1.63. The first-order valence-corrected chi connectivity index (χ1v) is 7.02. The van der Waals surface area contributed by atoms with E-state index in [9.17, 15) is 5.11 Å². The summed E-state index contributed by atoms with van der Waals surface area (Å²) >= 11 is 0. The molecule has 2 heterocycles. The van der Waals surface area contributed by atoms with Crippen molar-refractivity contribution in [1.29, 1.82) is 0 Å². The van der Waals surface area contributed by atoms with Crippen LogP contribution < -0.4 is 10.6 Å². The van der Waals surface area contributed by atoms with Gasteiger partial charge in [0, 0.05) is 49.6 Å². The van der Waals surface area contributed by atoms with Crippen LogP contribution in [0.25, 0.3) is 11.4 Å². The number of aliphatic hydroxyl groups excluding tert-OH is 1. The molecule has 114 valence electrons. The number of β-amino-alcohol motifs (C(OH)–C–C–N with tert-alkyl or cyclic N) is 1. The van der Waals surface area contributed by atoms with Crippen molar-refractivity contribution < 1.29 is 5.11 Å². The summed E-state index contributed by atoms with van der Waals surface area (Å²) < 4.78 is 0. The highest BCUT2D eigenvalue weighted by Gasteiger charge is 2.24. The molecule has 2 unspecified atom stereocenters. The third-order valence-electron chi connectivity index (χ3n) is 3.70. The number of H-pyrrole nitrogens is 1. The Morgan fingerprint density at radius 3 is 2.76 bits per heavy atom. The summed E-state index contributed by atoms with van der Waals surface area (Å²) in [4.78, 5) is 7.71. The standard InChI is InChI=1S/C15H20N4O.ClH/c20-14-10-17-7-12(14)6-16-8-13-9-18-15(19-13)11-4-2-1-3-5-11;/h1-5,9,12,14,16-17,20H,6-8,10H2,(H,18,19);1H. The molecule has 0 bridgehead atoms. The normalized spacial score (nSPS) is 21.2. The number of aliphatic hydroxyl groups is 1. The van der Waals surface area contributed by atoms with Gasteiger partial charge in [-0.15, -0.1) is 12.4 Å². The number of nitrogens with zero attached hydrogens (tertiary/aromatic N) is 1. The number of aromatic nitrogens is 2. The van der Waals surface area contributed by atoms with Crippen molar-refractivity contribution in [2.24, 2.45) is 5.92 Å². The van der Waals surface area contributed by atoms with Gasteiger partial charge in [-0.1, -0.05) is 30.3 Å². The van der Waals surface area contributed by atoms with Crippen LogP contribution in [0.2, 0.25) is 0 Å². The predicted molar refractivity (Wildman–Crippen MR) is 85.3 cm³/mol. The quantitative estimate of drug-likeness (QED) is 0.669. The molecule has 0 amide bonds. The molecule has 0 radical (unpaired) electrons. The number of rotatable bonds is 5. The molecule has 21 heavy (non-hydrogen) atoms. The molecule has 0 aliphatic carbocycles. The largest absolute Gasteiger partial charge is 0.391 e. The Labute approximate surface area is 130 Å². The molecule has 1 aromatic heterocycles. The monoisotopic (exact) mass is 308 g/mol. The van der Waals surface area contributed by atoms with Gasteiger partial charge in [-0.3, -0.25) is 0 Å². The fourth-order valence-corrected chi connectivity index (χ4v) is 2.51. The van der Waals surface area contributed by atoms with Crippen molar-refractivity contribution in [1.82, 2.24) is 20.6 Å². The fraction of sp³-hybridized carbons (Fsp3) is 0.400. The van der Waals surface area contributed by atoms with Crippen molar-refractivity contribution in [2.45, 2.75) is 12.6 Å². The number of aromatic amines is 1. The van der Waals surface area contributed by atoms with E-state index in [1.807, 2.05) is 36.5 Å². The molecule has 1 saturated heterocycles. The summed E-state index contributed by atoms with van der Waals surface area (Å²) in [7, 11) is 0. The van der Waals surface area contributed by atoms with Gasteiger partial charge in [0.15, 0.2) is 0 Å². The lowest BCUT2D eigenvalue weighted by molar-refractivity contribution is 0.146. The topological polar surface area (TPSA) is 73.0 Å². The van der Waals surface area contributed by atoms with Crippen LogP contribution in [0.15, 0.2) is 36.5 Å². The van der Waals surface area contributed by atoms with Crippen LogP contribution in [0.5, 0.6) is 0 Å². The number of halogens is 1. The first-order chi connectivity index (χ1) is 9.83. The summed E-state index contributed by atoms with van der Waals surface area (Å²) in [5, 5.41) is 16.3. The summed E-state index contributed by atoms with van der Waals surface area (Å²) in [5.41, 5.74) is 2.15. The molecular formula is C15H21ClN4O. The number of nitrogens with one attached hydrogen (secondary N) is 3. The smallest absolute Gasteiger partial charge is 0.137 e. The maximum absolute atomic E-state index is 9.72. The molecule has 2 aromatic rings. The van der Waals surface area contributed by atoms with E-state index in [0.29, 0.717) is 12.5 Å². The van der Waals surface area contributed by atoms with Crippen molar-refractivity contribution in [2.75, 3.05) is 19.6 Å². The van der Waals surface area contributed by atoms with E-state index in [-0.39, 0.29) is 18.5 Å². The van der Waals surface area contributed by atoms with Crippen LogP contribution in [0.3, 0.4) is 0 Å².